The zero-order chi connectivity index (χ0) is 18.2. The number of nitrogens with one attached hydrogen (secondary N) is 2. The van der Waals surface area contributed by atoms with Crippen molar-refractivity contribution in [2.75, 3.05) is 12.4 Å². The Morgan fingerprint density at radius 1 is 1.00 bits per heavy atom. The van der Waals surface area contributed by atoms with Crippen molar-refractivity contribution in [3.05, 3.63) is 71.4 Å². The average Bonchev–Trinajstić information content (AvgIpc) is 2.61. The van der Waals surface area contributed by atoms with Crippen LogP contribution in [0.25, 0.3) is 6.08 Å². The van der Waals surface area contributed by atoms with E-state index in [1.165, 1.54) is 20.1 Å². The second-order valence-electron chi connectivity index (χ2n) is 5.18. The Hall–Kier alpha value is -3.41. The normalized spacial score (nSPS) is 10.7. The summed E-state index contributed by atoms with van der Waals surface area (Å²) < 4.78 is 4.66. The van der Waals surface area contributed by atoms with Crippen LogP contribution in [0.2, 0.25) is 0 Å². The van der Waals surface area contributed by atoms with E-state index in [4.69, 9.17) is 0 Å². The van der Waals surface area contributed by atoms with E-state index in [0.717, 1.165) is 5.56 Å². The first-order valence-corrected chi connectivity index (χ1v) is 7.53. The Balaban J connectivity index is 2.24. The number of rotatable bonds is 5. The Morgan fingerprint density at radius 3 is 2.36 bits per heavy atom. The van der Waals surface area contributed by atoms with E-state index in [1.807, 2.05) is 30.3 Å². The van der Waals surface area contributed by atoms with Crippen LogP contribution in [0.3, 0.4) is 0 Å². The van der Waals surface area contributed by atoms with Crippen molar-refractivity contribution in [1.82, 2.24) is 5.32 Å². The second kappa shape index (κ2) is 8.44. The molecule has 0 aliphatic rings. The summed E-state index contributed by atoms with van der Waals surface area (Å²) in [5.74, 6) is -1.36. The van der Waals surface area contributed by atoms with Gasteiger partial charge in [0.25, 0.3) is 5.91 Å². The largest absolute Gasteiger partial charge is 0.465 e. The summed E-state index contributed by atoms with van der Waals surface area (Å²) in [4.78, 5) is 35.5. The summed E-state index contributed by atoms with van der Waals surface area (Å²) in [7, 11) is 1.28. The number of methoxy groups -OCH3 is 1. The van der Waals surface area contributed by atoms with Crippen LogP contribution in [0, 0.1) is 0 Å². The van der Waals surface area contributed by atoms with Crippen molar-refractivity contribution in [2.45, 2.75) is 6.92 Å². The van der Waals surface area contributed by atoms with Gasteiger partial charge in [-0.05, 0) is 29.8 Å². The van der Waals surface area contributed by atoms with Crippen LogP contribution in [0.4, 0.5) is 5.69 Å². The Labute approximate surface area is 145 Å². The molecule has 128 valence electrons. The molecule has 2 N–H and O–H groups in total. The van der Waals surface area contributed by atoms with Crippen molar-refractivity contribution in [3.8, 4) is 0 Å². The lowest BCUT2D eigenvalue weighted by Gasteiger charge is -2.10. The van der Waals surface area contributed by atoms with Gasteiger partial charge in [0.15, 0.2) is 0 Å². The van der Waals surface area contributed by atoms with E-state index in [1.54, 1.807) is 24.3 Å². The minimum atomic E-state index is -0.502. The van der Waals surface area contributed by atoms with Crippen LogP contribution in [0.5, 0.6) is 0 Å². The van der Waals surface area contributed by atoms with Gasteiger partial charge in [0, 0.05) is 12.6 Å². The summed E-state index contributed by atoms with van der Waals surface area (Å²) in [6.45, 7) is 1.32. The highest BCUT2D eigenvalue weighted by Gasteiger charge is 2.13. The molecule has 2 rings (SSSR count). The summed E-state index contributed by atoms with van der Waals surface area (Å²) in [6, 6.07) is 15.5. The number of hydrogen-bond donors (Lipinski definition) is 2. The Kier molecular flexibility index (Phi) is 6.06. The van der Waals surface area contributed by atoms with E-state index in [2.05, 4.69) is 15.4 Å². The van der Waals surface area contributed by atoms with Crippen molar-refractivity contribution >= 4 is 29.5 Å². The zero-order valence-corrected chi connectivity index (χ0v) is 13.9. The number of ether oxygens (including phenoxy) is 1. The van der Waals surface area contributed by atoms with Crippen molar-refractivity contribution in [3.63, 3.8) is 0 Å². The molecule has 0 heterocycles. The highest BCUT2D eigenvalue weighted by Crippen LogP contribution is 2.13. The van der Waals surface area contributed by atoms with Crippen LogP contribution in [0.15, 0.2) is 60.3 Å². The lowest BCUT2D eigenvalue weighted by molar-refractivity contribution is -0.120. The van der Waals surface area contributed by atoms with Gasteiger partial charge in [0.1, 0.15) is 5.70 Å². The fourth-order valence-electron chi connectivity index (χ4n) is 2.10. The Bertz CT molecular complexity index is 813. The van der Waals surface area contributed by atoms with Crippen LogP contribution in [-0.4, -0.2) is 24.9 Å². The number of carbonyl (C=O) groups is 3. The fraction of sp³-hybridized carbons (Fsp3) is 0.105. The molecule has 0 fully saturated rings. The molecule has 2 amide bonds. The number of anilines is 1. The van der Waals surface area contributed by atoms with Gasteiger partial charge in [-0.25, -0.2) is 4.79 Å². The van der Waals surface area contributed by atoms with Gasteiger partial charge in [-0.15, -0.1) is 0 Å². The number of carbonyl (C=O) groups excluding carboxylic acids is 3. The summed E-state index contributed by atoms with van der Waals surface area (Å²) >= 11 is 0. The van der Waals surface area contributed by atoms with Gasteiger partial charge in [0.05, 0.1) is 12.7 Å². The molecule has 0 bridgehead atoms. The maximum Gasteiger partial charge on any atom is 0.337 e. The molecular formula is C19H18N2O4. The van der Waals surface area contributed by atoms with Gasteiger partial charge in [-0.3, -0.25) is 9.59 Å². The molecule has 0 saturated carbocycles. The number of benzene rings is 2. The van der Waals surface area contributed by atoms with Crippen LogP contribution in [-0.2, 0) is 14.3 Å². The maximum absolute atomic E-state index is 12.5. The SMILES string of the molecule is COC(=O)c1cccc(NC(=O)/C(=C/c2ccccc2)NC(C)=O)c1. The molecule has 6 heteroatoms. The molecule has 2 aromatic rings. The average molecular weight is 338 g/mol. The highest BCUT2D eigenvalue weighted by atomic mass is 16.5. The minimum absolute atomic E-state index is 0.0992. The topological polar surface area (TPSA) is 84.5 Å². The lowest BCUT2D eigenvalue weighted by atomic mass is 10.1. The standard InChI is InChI=1S/C19H18N2O4/c1-13(22)20-17(11-14-7-4-3-5-8-14)18(23)21-16-10-6-9-15(12-16)19(24)25-2/h3-12H,1-2H3,(H,20,22)(H,21,23)/b17-11-. The predicted molar refractivity (Wildman–Crippen MR) is 94.6 cm³/mol. The number of esters is 1. The number of amides is 2. The van der Waals surface area contributed by atoms with E-state index in [-0.39, 0.29) is 11.6 Å². The highest BCUT2D eigenvalue weighted by molar-refractivity contribution is 6.08. The first kappa shape index (κ1) is 17.9. The molecule has 2 aromatic carbocycles. The monoisotopic (exact) mass is 338 g/mol. The maximum atomic E-state index is 12.5. The fourth-order valence-corrected chi connectivity index (χ4v) is 2.10. The molecule has 0 aromatic heterocycles. The van der Waals surface area contributed by atoms with E-state index in [9.17, 15) is 14.4 Å². The summed E-state index contributed by atoms with van der Waals surface area (Å²) in [5.41, 5.74) is 1.59. The van der Waals surface area contributed by atoms with Crippen LogP contribution in [0.1, 0.15) is 22.8 Å². The van der Waals surface area contributed by atoms with E-state index in [0.29, 0.717) is 11.3 Å². The zero-order valence-electron chi connectivity index (χ0n) is 13.9. The first-order chi connectivity index (χ1) is 12.0. The third-order valence-corrected chi connectivity index (χ3v) is 3.21. The molecule has 0 saturated heterocycles. The van der Waals surface area contributed by atoms with Gasteiger partial charge in [0.2, 0.25) is 5.91 Å². The molecule has 0 atom stereocenters. The molecular weight excluding hydrogens is 320 g/mol. The van der Waals surface area contributed by atoms with E-state index < -0.39 is 11.9 Å². The molecule has 6 nitrogen and oxygen atoms in total. The van der Waals surface area contributed by atoms with Crippen molar-refractivity contribution in [2.24, 2.45) is 0 Å². The van der Waals surface area contributed by atoms with Crippen molar-refractivity contribution in [1.29, 1.82) is 0 Å². The molecule has 0 aliphatic carbocycles. The smallest absolute Gasteiger partial charge is 0.337 e. The van der Waals surface area contributed by atoms with Gasteiger partial charge < -0.3 is 15.4 Å². The third-order valence-electron chi connectivity index (χ3n) is 3.21. The van der Waals surface area contributed by atoms with Crippen molar-refractivity contribution < 1.29 is 19.1 Å². The quantitative estimate of drug-likeness (QED) is 0.648. The summed E-state index contributed by atoms with van der Waals surface area (Å²) in [5, 5.41) is 5.17. The van der Waals surface area contributed by atoms with Crippen LogP contribution >= 0.6 is 0 Å². The summed E-state index contributed by atoms with van der Waals surface area (Å²) in [6.07, 6.45) is 1.57. The van der Waals surface area contributed by atoms with E-state index >= 15 is 0 Å². The minimum Gasteiger partial charge on any atom is -0.465 e. The number of hydrogen-bond acceptors (Lipinski definition) is 4. The predicted octanol–water partition coefficient (Wildman–Crippen LogP) is 2.59. The third kappa shape index (κ3) is 5.31. The molecule has 0 unspecified atom stereocenters. The lowest BCUT2D eigenvalue weighted by Crippen LogP contribution is -2.29. The van der Waals surface area contributed by atoms with Gasteiger partial charge in [-0.2, -0.15) is 0 Å². The first-order valence-electron chi connectivity index (χ1n) is 7.53. The molecule has 0 aliphatic heterocycles. The van der Waals surface area contributed by atoms with Gasteiger partial charge in [-0.1, -0.05) is 36.4 Å². The Morgan fingerprint density at radius 2 is 1.72 bits per heavy atom. The molecule has 0 radical (unpaired) electrons. The molecule has 0 spiro atoms. The second-order valence-corrected chi connectivity index (χ2v) is 5.18. The van der Waals surface area contributed by atoms with Gasteiger partial charge >= 0.3 is 5.97 Å². The van der Waals surface area contributed by atoms with Crippen LogP contribution < -0.4 is 10.6 Å². The molecule has 25 heavy (non-hydrogen) atoms.